The Balaban J connectivity index is 2.51. The zero-order chi connectivity index (χ0) is 15.8. The summed E-state index contributed by atoms with van der Waals surface area (Å²) in [4.78, 5) is -0.291. The average molecular weight is 313 g/mol. The van der Waals surface area contributed by atoms with Gasteiger partial charge < -0.3 is 5.73 Å². The lowest BCUT2D eigenvalue weighted by Gasteiger charge is -2.13. The molecule has 0 atom stereocenters. The molecule has 0 aliphatic heterocycles. The summed E-state index contributed by atoms with van der Waals surface area (Å²) >= 11 is 4.72. The number of nitrogens with two attached hydrogens (primary N) is 1. The lowest BCUT2D eigenvalue weighted by atomic mass is 10.1. The van der Waals surface area contributed by atoms with Crippen LogP contribution in [0.15, 0.2) is 30.5 Å². The molecule has 0 unspecified atom stereocenters. The number of rotatable bonds is 3. The summed E-state index contributed by atoms with van der Waals surface area (Å²) in [6.45, 7) is 3.97. The van der Waals surface area contributed by atoms with Crippen molar-refractivity contribution in [1.82, 2.24) is 9.78 Å². The van der Waals surface area contributed by atoms with Crippen molar-refractivity contribution in [3.05, 3.63) is 47.3 Å². The number of alkyl halides is 3. The molecule has 3 nitrogen and oxygen atoms in total. The summed E-state index contributed by atoms with van der Waals surface area (Å²) in [5.74, 6) is 0.232. The number of halogens is 3. The Morgan fingerprint density at radius 2 is 1.95 bits per heavy atom. The van der Waals surface area contributed by atoms with E-state index in [1.165, 1.54) is 16.8 Å². The highest BCUT2D eigenvalue weighted by Gasteiger charge is 2.34. The van der Waals surface area contributed by atoms with Gasteiger partial charge in [0, 0.05) is 11.8 Å². The molecule has 21 heavy (non-hydrogen) atoms. The fourth-order valence-corrected chi connectivity index (χ4v) is 2.08. The quantitative estimate of drug-likeness (QED) is 0.880. The molecule has 0 aliphatic carbocycles. The van der Waals surface area contributed by atoms with Crippen molar-refractivity contribution in [3.63, 3.8) is 0 Å². The molecule has 1 aromatic heterocycles. The van der Waals surface area contributed by atoms with Gasteiger partial charge in [0.15, 0.2) is 0 Å². The highest BCUT2D eigenvalue weighted by Crippen LogP contribution is 2.33. The van der Waals surface area contributed by atoms with Gasteiger partial charge in [0.1, 0.15) is 4.99 Å². The van der Waals surface area contributed by atoms with Crippen LogP contribution in [0.5, 0.6) is 0 Å². The molecule has 7 heteroatoms. The first-order valence-electron chi connectivity index (χ1n) is 6.27. The smallest absolute Gasteiger partial charge is 0.389 e. The van der Waals surface area contributed by atoms with Crippen molar-refractivity contribution in [3.8, 4) is 5.69 Å². The molecule has 0 radical (unpaired) electrons. The van der Waals surface area contributed by atoms with Gasteiger partial charge in [-0.2, -0.15) is 18.3 Å². The maximum atomic E-state index is 12.9. The Morgan fingerprint density at radius 1 is 1.29 bits per heavy atom. The summed E-state index contributed by atoms with van der Waals surface area (Å²) in [6, 6.07) is 5.45. The minimum Gasteiger partial charge on any atom is -0.389 e. The van der Waals surface area contributed by atoms with Crippen molar-refractivity contribution >= 4 is 17.2 Å². The predicted molar refractivity (Wildman–Crippen MR) is 78.5 cm³/mol. The largest absolute Gasteiger partial charge is 0.417 e. The summed E-state index contributed by atoms with van der Waals surface area (Å²) < 4.78 is 40.3. The number of aromatic nitrogens is 2. The summed E-state index contributed by atoms with van der Waals surface area (Å²) in [6.07, 6.45) is -2.80. The van der Waals surface area contributed by atoms with Crippen LogP contribution in [0, 0.1) is 0 Å². The van der Waals surface area contributed by atoms with E-state index in [0.717, 1.165) is 11.8 Å². The highest BCUT2D eigenvalue weighted by molar-refractivity contribution is 7.80. The number of hydrogen-bond acceptors (Lipinski definition) is 2. The van der Waals surface area contributed by atoms with Gasteiger partial charge in [0.2, 0.25) is 0 Å². The molecular formula is C14H14F3N3S. The molecule has 2 rings (SSSR count). The molecule has 0 fully saturated rings. The molecule has 1 heterocycles. The lowest BCUT2D eigenvalue weighted by Crippen LogP contribution is -2.18. The van der Waals surface area contributed by atoms with Crippen LogP contribution in [0.3, 0.4) is 0 Å². The standard InChI is InChI=1S/C14H14F3N3S/c1-8(2)12-5-6-20(19-12)9-3-4-11(14(15,16)17)10(7-9)13(18)21/h3-8H,1-2H3,(H2,18,21). The van der Waals surface area contributed by atoms with Crippen LogP contribution in [-0.2, 0) is 6.18 Å². The third-order valence-electron chi connectivity index (χ3n) is 3.04. The molecule has 0 spiro atoms. The third kappa shape index (κ3) is 3.24. The van der Waals surface area contributed by atoms with Gasteiger partial charge >= 0.3 is 6.18 Å². The second-order valence-electron chi connectivity index (χ2n) is 4.93. The van der Waals surface area contributed by atoms with Gasteiger partial charge in [0.05, 0.1) is 16.9 Å². The van der Waals surface area contributed by atoms with E-state index in [1.54, 1.807) is 6.20 Å². The summed E-state index contributed by atoms with van der Waals surface area (Å²) in [7, 11) is 0. The SMILES string of the molecule is CC(C)c1ccn(-c2ccc(C(F)(F)F)c(C(N)=S)c2)n1. The van der Waals surface area contributed by atoms with Gasteiger partial charge in [-0.3, -0.25) is 0 Å². The van der Waals surface area contributed by atoms with E-state index in [0.29, 0.717) is 5.69 Å². The molecule has 0 saturated carbocycles. The van der Waals surface area contributed by atoms with Crippen molar-refractivity contribution in [2.45, 2.75) is 25.9 Å². The number of nitrogens with zero attached hydrogens (tertiary/aromatic N) is 2. The van der Waals surface area contributed by atoms with E-state index in [4.69, 9.17) is 18.0 Å². The van der Waals surface area contributed by atoms with Crippen molar-refractivity contribution in [2.24, 2.45) is 5.73 Å². The lowest BCUT2D eigenvalue weighted by molar-refractivity contribution is -0.137. The van der Waals surface area contributed by atoms with Crippen LogP contribution in [0.2, 0.25) is 0 Å². The van der Waals surface area contributed by atoms with E-state index in [1.807, 2.05) is 19.9 Å². The first-order valence-corrected chi connectivity index (χ1v) is 6.68. The second-order valence-corrected chi connectivity index (χ2v) is 5.37. The Labute approximate surface area is 125 Å². The Morgan fingerprint density at radius 3 is 2.43 bits per heavy atom. The molecule has 112 valence electrons. The average Bonchev–Trinajstić information content (AvgIpc) is 2.86. The van der Waals surface area contributed by atoms with Gasteiger partial charge in [-0.05, 0) is 30.2 Å². The molecule has 1 aromatic carbocycles. The van der Waals surface area contributed by atoms with Crippen LogP contribution < -0.4 is 5.73 Å². The minimum atomic E-state index is -4.50. The molecule has 2 aromatic rings. The summed E-state index contributed by atoms with van der Waals surface area (Å²) in [5.41, 5.74) is 5.72. The first kappa shape index (κ1) is 15.5. The molecule has 0 amide bonds. The van der Waals surface area contributed by atoms with Crippen LogP contribution in [0.1, 0.15) is 36.6 Å². The Bertz CT molecular complexity index is 674. The van der Waals surface area contributed by atoms with E-state index in [9.17, 15) is 13.2 Å². The van der Waals surface area contributed by atoms with E-state index >= 15 is 0 Å². The Hall–Kier alpha value is -1.89. The van der Waals surface area contributed by atoms with Crippen LogP contribution in [0.25, 0.3) is 5.69 Å². The highest BCUT2D eigenvalue weighted by atomic mass is 32.1. The minimum absolute atomic E-state index is 0.198. The molecule has 0 bridgehead atoms. The first-order chi connectivity index (χ1) is 9.70. The van der Waals surface area contributed by atoms with Crippen LogP contribution >= 0.6 is 12.2 Å². The zero-order valence-corrected chi connectivity index (χ0v) is 12.3. The number of hydrogen-bond donors (Lipinski definition) is 1. The van der Waals surface area contributed by atoms with Gasteiger partial charge in [-0.15, -0.1) is 0 Å². The fraction of sp³-hybridized carbons (Fsp3) is 0.286. The monoisotopic (exact) mass is 313 g/mol. The molecule has 2 N–H and O–H groups in total. The normalized spacial score (nSPS) is 11.9. The van der Waals surface area contributed by atoms with Gasteiger partial charge in [-0.1, -0.05) is 26.1 Å². The Kier molecular flexibility index (Phi) is 4.04. The van der Waals surface area contributed by atoms with Crippen molar-refractivity contribution < 1.29 is 13.2 Å². The van der Waals surface area contributed by atoms with Gasteiger partial charge in [0.25, 0.3) is 0 Å². The predicted octanol–water partition coefficient (Wildman–Crippen LogP) is 3.65. The maximum Gasteiger partial charge on any atom is 0.417 e. The van der Waals surface area contributed by atoms with Crippen molar-refractivity contribution in [1.29, 1.82) is 0 Å². The molecular weight excluding hydrogens is 299 g/mol. The fourth-order valence-electron chi connectivity index (χ4n) is 1.92. The van der Waals surface area contributed by atoms with Gasteiger partial charge in [-0.25, -0.2) is 4.68 Å². The summed E-state index contributed by atoms with van der Waals surface area (Å²) in [5, 5.41) is 4.32. The molecule has 0 aliphatic rings. The molecule has 0 saturated heterocycles. The van der Waals surface area contributed by atoms with Crippen LogP contribution in [-0.4, -0.2) is 14.8 Å². The van der Waals surface area contributed by atoms with E-state index < -0.39 is 11.7 Å². The van der Waals surface area contributed by atoms with Crippen LogP contribution in [0.4, 0.5) is 13.2 Å². The number of thiocarbonyl (C=S) groups is 1. The number of benzene rings is 1. The van der Waals surface area contributed by atoms with E-state index in [2.05, 4.69) is 5.10 Å². The second kappa shape index (κ2) is 5.48. The zero-order valence-electron chi connectivity index (χ0n) is 11.5. The van der Waals surface area contributed by atoms with Crippen molar-refractivity contribution in [2.75, 3.05) is 0 Å². The van der Waals surface area contributed by atoms with E-state index in [-0.39, 0.29) is 16.5 Å². The topological polar surface area (TPSA) is 43.8 Å². The third-order valence-corrected chi connectivity index (χ3v) is 3.26. The maximum absolute atomic E-state index is 12.9.